The fraction of sp³-hybridized carbons (Fsp3) is 0.700. The molecule has 0 bridgehead atoms. The van der Waals surface area contributed by atoms with E-state index in [1.54, 1.807) is 17.5 Å². The molecule has 0 amide bonds. The van der Waals surface area contributed by atoms with Gasteiger partial charge in [-0.2, -0.15) is 11.8 Å². The molecule has 3 nitrogen and oxygen atoms in total. The Labute approximate surface area is 99.5 Å². The molecule has 1 rings (SSSR count). The summed E-state index contributed by atoms with van der Waals surface area (Å²) in [4.78, 5) is 7.40. The molecule has 0 aliphatic heterocycles. The zero-order valence-electron chi connectivity index (χ0n) is 9.43. The topological polar surface area (TPSA) is 36.4 Å². The van der Waals surface area contributed by atoms with Crippen LogP contribution in [0.1, 0.15) is 18.2 Å². The van der Waals surface area contributed by atoms with Crippen molar-refractivity contribution in [3.05, 3.63) is 11.1 Å². The fourth-order valence-corrected chi connectivity index (χ4v) is 2.61. The molecular formula is C10H18N2OS2. The Morgan fingerprint density at radius 3 is 2.93 bits per heavy atom. The normalized spacial score (nSPS) is 12.8. The lowest BCUT2D eigenvalue weighted by atomic mass is 10.2. The molecule has 1 aromatic heterocycles. The van der Waals surface area contributed by atoms with Crippen molar-refractivity contribution < 1.29 is 5.11 Å². The third kappa shape index (κ3) is 3.66. The van der Waals surface area contributed by atoms with E-state index >= 15 is 0 Å². The van der Waals surface area contributed by atoms with Crippen LogP contribution in [0.2, 0.25) is 0 Å². The van der Waals surface area contributed by atoms with Crippen molar-refractivity contribution in [1.82, 2.24) is 4.98 Å². The summed E-state index contributed by atoms with van der Waals surface area (Å²) in [5, 5.41) is 9.95. The number of anilines is 1. The van der Waals surface area contributed by atoms with E-state index < -0.39 is 0 Å². The maximum absolute atomic E-state index is 8.96. The molecule has 1 aromatic rings. The molecule has 15 heavy (non-hydrogen) atoms. The predicted octanol–water partition coefficient (Wildman–Crippen LogP) is 2.21. The van der Waals surface area contributed by atoms with Gasteiger partial charge in [0.2, 0.25) is 0 Å². The molecule has 1 atom stereocenters. The summed E-state index contributed by atoms with van der Waals surface area (Å²) in [6.07, 6.45) is 5.03. The molecule has 86 valence electrons. The first-order valence-corrected chi connectivity index (χ1v) is 7.17. The van der Waals surface area contributed by atoms with Gasteiger partial charge in [-0.05, 0) is 25.4 Å². The quantitative estimate of drug-likeness (QED) is 0.835. The molecule has 0 aliphatic carbocycles. The van der Waals surface area contributed by atoms with Crippen LogP contribution < -0.4 is 4.90 Å². The van der Waals surface area contributed by atoms with Crippen LogP contribution in [0.25, 0.3) is 0 Å². The second-order valence-corrected chi connectivity index (χ2v) is 5.59. The van der Waals surface area contributed by atoms with Gasteiger partial charge in [0.1, 0.15) is 0 Å². The Morgan fingerprint density at radius 1 is 1.67 bits per heavy atom. The smallest absolute Gasteiger partial charge is 0.185 e. The van der Waals surface area contributed by atoms with Crippen molar-refractivity contribution in [3.8, 4) is 0 Å². The third-order valence-corrected chi connectivity index (χ3v) is 4.12. The Bertz CT molecular complexity index is 291. The van der Waals surface area contributed by atoms with Gasteiger partial charge in [0, 0.05) is 19.3 Å². The summed E-state index contributed by atoms with van der Waals surface area (Å²) in [5.74, 6) is 1.17. The Kier molecular flexibility index (Phi) is 5.42. The Hall–Kier alpha value is -0.260. The van der Waals surface area contributed by atoms with Crippen molar-refractivity contribution in [1.29, 1.82) is 0 Å². The van der Waals surface area contributed by atoms with Crippen molar-refractivity contribution in [2.24, 2.45) is 0 Å². The lowest BCUT2D eigenvalue weighted by molar-refractivity contribution is 0.285. The van der Waals surface area contributed by atoms with Crippen molar-refractivity contribution in [3.63, 3.8) is 0 Å². The number of aromatic nitrogens is 1. The highest BCUT2D eigenvalue weighted by Gasteiger charge is 2.12. The second-order valence-electron chi connectivity index (χ2n) is 3.51. The summed E-state index contributed by atoms with van der Waals surface area (Å²) < 4.78 is 0. The second kappa shape index (κ2) is 6.35. The third-order valence-electron chi connectivity index (χ3n) is 2.40. The Morgan fingerprint density at radius 2 is 2.40 bits per heavy atom. The number of aliphatic hydroxyl groups is 1. The zero-order chi connectivity index (χ0) is 11.3. The molecule has 5 heteroatoms. The zero-order valence-corrected chi connectivity index (χ0v) is 11.1. The van der Waals surface area contributed by atoms with E-state index in [9.17, 15) is 0 Å². The maximum Gasteiger partial charge on any atom is 0.185 e. The number of aliphatic hydroxyl groups excluding tert-OH is 1. The van der Waals surface area contributed by atoms with Crippen LogP contribution in [0.5, 0.6) is 0 Å². The van der Waals surface area contributed by atoms with E-state index in [0.29, 0.717) is 6.04 Å². The maximum atomic E-state index is 8.96. The molecule has 0 aromatic carbocycles. The lowest BCUT2D eigenvalue weighted by Crippen LogP contribution is -2.29. The number of thioether (sulfide) groups is 1. The molecule has 1 heterocycles. The van der Waals surface area contributed by atoms with Crippen LogP contribution in [0.15, 0.2) is 6.20 Å². The van der Waals surface area contributed by atoms with Gasteiger partial charge in [-0.1, -0.05) is 11.3 Å². The number of thiazole rings is 1. The van der Waals surface area contributed by atoms with E-state index in [-0.39, 0.29) is 6.61 Å². The van der Waals surface area contributed by atoms with E-state index in [1.807, 2.05) is 11.8 Å². The van der Waals surface area contributed by atoms with Gasteiger partial charge in [0.05, 0.1) is 11.5 Å². The summed E-state index contributed by atoms with van der Waals surface area (Å²) in [6, 6.07) is 0.496. The lowest BCUT2D eigenvalue weighted by Gasteiger charge is -2.23. The number of hydrogen-bond donors (Lipinski definition) is 1. The minimum absolute atomic E-state index is 0.0880. The molecular weight excluding hydrogens is 228 g/mol. The van der Waals surface area contributed by atoms with E-state index in [0.717, 1.165) is 16.4 Å². The fourth-order valence-electron chi connectivity index (χ4n) is 1.20. The largest absolute Gasteiger partial charge is 0.391 e. The molecule has 0 saturated heterocycles. The van der Waals surface area contributed by atoms with Gasteiger partial charge in [0.25, 0.3) is 0 Å². The SMILES string of the molecule is CSCCC(C)N(C)c1ncc(CO)s1. The first kappa shape index (κ1) is 12.8. The monoisotopic (exact) mass is 246 g/mol. The molecule has 0 spiro atoms. The molecule has 0 saturated carbocycles. The van der Waals surface area contributed by atoms with Crippen LogP contribution in [-0.4, -0.2) is 35.2 Å². The highest BCUT2D eigenvalue weighted by molar-refractivity contribution is 7.98. The van der Waals surface area contributed by atoms with Gasteiger partial charge in [-0.15, -0.1) is 0 Å². The average molecular weight is 246 g/mol. The van der Waals surface area contributed by atoms with Gasteiger partial charge < -0.3 is 10.0 Å². The van der Waals surface area contributed by atoms with Crippen LogP contribution in [0.4, 0.5) is 5.13 Å². The van der Waals surface area contributed by atoms with Gasteiger partial charge in [-0.3, -0.25) is 0 Å². The van der Waals surface area contributed by atoms with Gasteiger partial charge in [-0.25, -0.2) is 4.98 Å². The van der Waals surface area contributed by atoms with E-state index in [2.05, 4.69) is 30.1 Å². The average Bonchev–Trinajstić information content (AvgIpc) is 2.73. The molecule has 0 fully saturated rings. The van der Waals surface area contributed by atoms with E-state index in [4.69, 9.17) is 5.11 Å². The van der Waals surface area contributed by atoms with Crippen LogP contribution >= 0.6 is 23.1 Å². The minimum atomic E-state index is 0.0880. The standard InChI is InChI=1S/C10H18N2OS2/c1-8(4-5-14-3)12(2)10-11-6-9(7-13)15-10/h6,8,13H,4-5,7H2,1-3H3. The molecule has 1 N–H and O–H groups in total. The van der Waals surface area contributed by atoms with Gasteiger partial charge in [0.15, 0.2) is 5.13 Å². The summed E-state index contributed by atoms with van der Waals surface area (Å²) in [6.45, 7) is 2.29. The van der Waals surface area contributed by atoms with E-state index in [1.165, 1.54) is 5.75 Å². The highest BCUT2D eigenvalue weighted by Crippen LogP contribution is 2.23. The summed E-state index contributed by atoms with van der Waals surface area (Å²) in [7, 11) is 2.06. The summed E-state index contributed by atoms with van der Waals surface area (Å²) >= 11 is 3.43. The first-order valence-electron chi connectivity index (χ1n) is 4.96. The summed E-state index contributed by atoms with van der Waals surface area (Å²) in [5.41, 5.74) is 0. The number of hydrogen-bond acceptors (Lipinski definition) is 5. The van der Waals surface area contributed by atoms with Gasteiger partial charge >= 0.3 is 0 Å². The van der Waals surface area contributed by atoms with Crippen LogP contribution in [0, 0.1) is 0 Å². The Balaban J connectivity index is 2.54. The first-order chi connectivity index (χ1) is 7.19. The van der Waals surface area contributed by atoms with Crippen molar-refractivity contribution in [2.45, 2.75) is 26.0 Å². The minimum Gasteiger partial charge on any atom is -0.391 e. The molecule has 0 radical (unpaired) electrons. The van der Waals surface area contributed by atoms with Crippen LogP contribution in [-0.2, 0) is 6.61 Å². The van der Waals surface area contributed by atoms with Crippen molar-refractivity contribution >= 4 is 28.2 Å². The molecule has 1 unspecified atom stereocenters. The highest BCUT2D eigenvalue weighted by atomic mass is 32.2. The number of nitrogens with zero attached hydrogens (tertiary/aromatic N) is 2. The van der Waals surface area contributed by atoms with Crippen molar-refractivity contribution in [2.75, 3.05) is 24.0 Å². The molecule has 0 aliphatic rings. The number of rotatable bonds is 6. The predicted molar refractivity (Wildman–Crippen MR) is 68.9 cm³/mol. The van der Waals surface area contributed by atoms with Crippen LogP contribution in [0.3, 0.4) is 0 Å².